The summed E-state index contributed by atoms with van der Waals surface area (Å²) >= 11 is 22.8. The van der Waals surface area contributed by atoms with Crippen LogP contribution in [0.15, 0.2) is 0 Å². The van der Waals surface area contributed by atoms with Crippen LogP contribution in [0.2, 0.25) is 0 Å². The summed E-state index contributed by atoms with van der Waals surface area (Å²) in [4.78, 5) is 11.8. The molecular formula is C34H71O7P3S6. The molecule has 0 aliphatic heterocycles. The Kier molecular flexibility index (Phi) is 27.6. The molecule has 0 aliphatic carbocycles. The fraction of sp³-hybridized carbons (Fsp3) is 0.971. The highest BCUT2D eigenvalue weighted by atomic mass is 32.9. The molecule has 0 bridgehead atoms. The van der Waals surface area contributed by atoms with Gasteiger partial charge in [-0.3, -0.25) is 4.79 Å². The largest absolute Gasteiger partial charge is 0.319 e. The van der Waals surface area contributed by atoms with Gasteiger partial charge in [-0.1, -0.05) is 89.5 Å². The van der Waals surface area contributed by atoms with Gasteiger partial charge in [-0.25, -0.2) is 0 Å². The second-order valence-electron chi connectivity index (χ2n) is 15.2. The SMILES string of the molecule is CC(=O)CCSP(=S)(OC(C)CSP(=S)(OC(C)CC(C)C)OC(C)CC(C)C)OC(C)CSP(=S)(OC(C)CC(C)C)OC(C)CC(C)C. The minimum absolute atomic E-state index is 0.0146. The third-order valence-corrected chi connectivity index (χ3v) is 23.2. The lowest BCUT2D eigenvalue weighted by molar-refractivity contribution is -0.116. The van der Waals surface area contributed by atoms with Gasteiger partial charge in [0, 0.05) is 23.7 Å². The molecule has 0 saturated carbocycles. The van der Waals surface area contributed by atoms with Crippen molar-refractivity contribution in [1.29, 1.82) is 0 Å². The van der Waals surface area contributed by atoms with E-state index < -0.39 is 17.1 Å². The molecule has 0 aromatic heterocycles. The summed E-state index contributed by atoms with van der Waals surface area (Å²) in [5.41, 5.74) is -8.23. The van der Waals surface area contributed by atoms with Crippen molar-refractivity contribution in [1.82, 2.24) is 0 Å². The summed E-state index contributed by atoms with van der Waals surface area (Å²) in [6.45, 7) is 31.3. The quantitative estimate of drug-likeness (QED) is 0.0644. The van der Waals surface area contributed by atoms with Crippen molar-refractivity contribution in [3.8, 4) is 0 Å². The molecule has 0 rings (SSSR count). The number of carbonyl (C=O) groups excluding carboxylic acids is 1. The Morgan fingerprint density at radius 1 is 0.460 bits per heavy atom. The zero-order valence-corrected chi connectivity index (χ0v) is 41.2. The van der Waals surface area contributed by atoms with E-state index in [-0.39, 0.29) is 42.4 Å². The first-order valence-corrected chi connectivity index (χ1v) is 30.9. The van der Waals surface area contributed by atoms with E-state index in [9.17, 15) is 4.79 Å². The molecule has 0 fully saturated rings. The molecule has 50 heavy (non-hydrogen) atoms. The van der Waals surface area contributed by atoms with Crippen molar-refractivity contribution in [2.75, 3.05) is 17.3 Å². The van der Waals surface area contributed by atoms with Gasteiger partial charge in [-0.15, -0.1) is 0 Å². The van der Waals surface area contributed by atoms with Crippen molar-refractivity contribution >= 4 is 92.4 Å². The lowest BCUT2D eigenvalue weighted by Crippen LogP contribution is -2.18. The number of rotatable bonds is 30. The van der Waals surface area contributed by atoms with Crippen molar-refractivity contribution in [2.24, 2.45) is 23.7 Å². The normalized spacial score (nSPS) is 19.9. The summed E-state index contributed by atoms with van der Waals surface area (Å²) in [5, 5.41) is 0. The lowest BCUT2D eigenvalue weighted by Gasteiger charge is -2.32. The van der Waals surface area contributed by atoms with E-state index in [1.165, 1.54) is 34.1 Å². The fourth-order valence-corrected chi connectivity index (χ4v) is 22.0. The van der Waals surface area contributed by atoms with Gasteiger partial charge in [0.2, 0.25) is 17.1 Å². The third kappa shape index (κ3) is 27.1. The van der Waals surface area contributed by atoms with Gasteiger partial charge in [0.05, 0.1) is 36.6 Å². The maximum atomic E-state index is 11.8. The molecule has 300 valence electrons. The summed E-state index contributed by atoms with van der Waals surface area (Å²) in [7, 11) is 0. The molecule has 0 heterocycles. The molecule has 16 heteroatoms. The summed E-state index contributed by atoms with van der Waals surface area (Å²) in [6, 6.07) is 0. The van der Waals surface area contributed by atoms with Crippen LogP contribution in [0.3, 0.4) is 0 Å². The molecule has 0 aromatic rings. The predicted octanol–water partition coefficient (Wildman–Crippen LogP) is 13.5. The first-order chi connectivity index (χ1) is 22.9. The molecule has 0 amide bonds. The van der Waals surface area contributed by atoms with Crippen molar-refractivity contribution in [2.45, 2.75) is 173 Å². The Morgan fingerprint density at radius 3 is 0.940 bits per heavy atom. The minimum atomic E-state index is -2.87. The van der Waals surface area contributed by atoms with Crippen LogP contribution in [0.25, 0.3) is 0 Å². The molecule has 0 radical (unpaired) electrons. The highest BCUT2D eigenvalue weighted by Gasteiger charge is 2.33. The zero-order chi connectivity index (χ0) is 38.9. The van der Waals surface area contributed by atoms with Crippen LogP contribution >= 0.6 is 51.2 Å². The summed E-state index contributed by atoms with van der Waals surface area (Å²) in [6.07, 6.45) is 3.40. The van der Waals surface area contributed by atoms with Crippen molar-refractivity contribution in [3.63, 3.8) is 0 Å². The third-order valence-electron chi connectivity index (χ3n) is 6.71. The number of Topliss-reactive ketones (excluding diaryl/α,β-unsaturated/α-hetero) is 1. The van der Waals surface area contributed by atoms with Gasteiger partial charge < -0.3 is 27.1 Å². The van der Waals surface area contributed by atoms with Crippen LogP contribution in [-0.2, 0) is 67.4 Å². The van der Waals surface area contributed by atoms with Gasteiger partial charge in [-0.2, -0.15) is 0 Å². The van der Waals surface area contributed by atoms with Gasteiger partial charge in [-0.05, 0) is 133 Å². The van der Waals surface area contributed by atoms with Crippen molar-refractivity contribution in [3.05, 3.63) is 0 Å². The molecule has 6 unspecified atom stereocenters. The molecule has 0 saturated heterocycles. The molecule has 6 atom stereocenters. The second-order valence-corrected chi connectivity index (χ2v) is 34.1. The van der Waals surface area contributed by atoms with Crippen LogP contribution in [0.5, 0.6) is 0 Å². The fourth-order valence-electron chi connectivity index (χ4n) is 5.16. The summed E-state index contributed by atoms with van der Waals surface area (Å²) < 4.78 is 39.1. The molecular weight excluding hydrogens is 806 g/mol. The van der Waals surface area contributed by atoms with Crippen LogP contribution in [-0.4, -0.2) is 59.7 Å². The van der Waals surface area contributed by atoms with E-state index in [0.717, 1.165) is 25.7 Å². The van der Waals surface area contributed by atoms with E-state index in [0.29, 0.717) is 47.4 Å². The van der Waals surface area contributed by atoms with Gasteiger partial charge in [0.25, 0.3) is 0 Å². The highest BCUT2D eigenvalue weighted by molar-refractivity contribution is 8.68. The first kappa shape index (κ1) is 52.4. The Balaban J connectivity index is 5.88. The molecule has 7 nitrogen and oxygen atoms in total. The average molecular weight is 877 g/mol. The molecule has 0 aromatic carbocycles. The van der Waals surface area contributed by atoms with E-state index in [2.05, 4.69) is 83.1 Å². The predicted molar refractivity (Wildman–Crippen MR) is 237 cm³/mol. The Hall–Kier alpha value is 2.43. The van der Waals surface area contributed by atoms with Gasteiger partial charge in [0.15, 0.2) is 0 Å². The standard InChI is InChI=1S/C34H71O7P3S6/c1-24(2)18-29(10)36-43(46,37-30(11)19-25(3)4)49-22-33(14)40-42(45,48-17-16-28(9)35)41-34(15)23-50-44(47,38-31(12)20-26(5)6)39-32(13)21-27(7)8/h24-27,29-34H,16-23H2,1-15H3. The Labute approximate surface area is 335 Å². The average Bonchev–Trinajstić information content (AvgIpc) is 2.88. The van der Waals surface area contributed by atoms with Crippen LogP contribution in [0.1, 0.15) is 136 Å². The van der Waals surface area contributed by atoms with Crippen LogP contribution < -0.4 is 0 Å². The molecule has 0 N–H and O–H groups in total. The molecule has 0 spiro atoms. The van der Waals surface area contributed by atoms with Gasteiger partial charge >= 0.3 is 0 Å². The summed E-state index contributed by atoms with van der Waals surface area (Å²) in [5.74, 6) is 3.67. The Bertz CT molecular complexity index is 984. The smallest absolute Gasteiger partial charge is 0.247 e. The monoisotopic (exact) mass is 876 g/mol. The van der Waals surface area contributed by atoms with Crippen LogP contribution in [0.4, 0.5) is 0 Å². The van der Waals surface area contributed by atoms with Gasteiger partial charge in [0.1, 0.15) is 5.78 Å². The van der Waals surface area contributed by atoms with Crippen LogP contribution in [0, 0.1) is 23.7 Å². The molecule has 0 aliphatic rings. The van der Waals surface area contributed by atoms with Crippen molar-refractivity contribution < 1.29 is 31.9 Å². The first-order valence-electron chi connectivity index (χ1n) is 18.2. The number of ketones is 1. The second kappa shape index (κ2) is 26.4. The van der Waals surface area contributed by atoms with E-state index >= 15 is 0 Å². The zero-order valence-electron chi connectivity index (χ0n) is 33.6. The van der Waals surface area contributed by atoms with E-state index in [4.69, 9.17) is 62.6 Å². The Morgan fingerprint density at radius 2 is 0.700 bits per heavy atom. The topological polar surface area (TPSA) is 72.5 Å². The minimum Gasteiger partial charge on any atom is -0.319 e. The number of hydrogen-bond donors (Lipinski definition) is 0. The highest BCUT2D eigenvalue weighted by Crippen LogP contribution is 2.67. The lowest BCUT2D eigenvalue weighted by atomic mass is 10.1. The maximum Gasteiger partial charge on any atom is 0.247 e. The maximum absolute atomic E-state index is 11.8. The van der Waals surface area contributed by atoms with E-state index in [1.54, 1.807) is 6.92 Å². The number of hydrogen-bond acceptors (Lipinski definition) is 13. The van der Waals surface area contributed by atoms with E-state index in [1.807, 2.05) is 13.8 Å². The number of carbonyl (C=O) groups is 1.